The molecule has 0 unspecified atom stereocenters. The summed E-state index contributed by atoms with van der Waals surface area (Å²) in [5, 5.41) is 11.0. The van der Waals surface area contributed by atoms with Crippen molar-refractivity contribution >= 4 is 27.8 Å². The van der Waals surface area contributed by atoms with Crippen LogP contribution in [0.25, 0.3) is 0 Å². The van der Waals surface area contributed by atoms with Crippen LogP contribution >= 0.6 is 0 Å². The molecular formula is C36H52FN9O5S. The summed E-state index contributed by atoms with van der Waals surface area (Å²) in [6.07, 6.45) is 6.94. The van der Waals surface area contributed by atoms with Crippen LogP contribution in [0.5, 0.6) is 11.6 Å². The number of nitrogens with zero attached hydrogens (tertiary/aromatic N) is 8. The summed E-state index contributed by atoms with van der Waals surface area (Å²) in [5.74, 6) is 0.233. The van der Waals surface area contributed by atoms with E-state index < -0.39 is 16.0 Å². The van der Waals surface area contributed by atoms with E-state index in [-0.39, 0.29) is 52.5 Å². The molecule has 1 aromatic carbocycles. The first-order chi connectivity index (χ1) is 24.8. The lowest BCUT2D eigenvalue weighted by Crippen LogP contribution is -2.61. The van der Waals surface area contributed by atoms with Crippen LogP contribution in [0.2, 0.25) is 0 Å². The number of benzene rings is 1. The fourth-order valence-electron chi connectivity index (χ4n) is 8.21. The maximum atomic E-state index is 14.4. The topological polar surface area (TPSA) is 144 Å². The van der Waals surface area contributed by atoms with Crippen LogP contribution in [-0.2, 0) is 15.0 Å². The Hall–Kier alpha value is -3.73. The van der Waals surface area contributed by atoms with Gasteiger partial charge in [0.25, 0.3) is 22.0 Å². The van der Waals surface area contributed by atoms with Crippen molar-refractivity contribution in [1.29, 1.82) is 0 Å². The number of piperidine rings is 2. The SMILES string of the molecule is C=CC(=O)N[C@@H]1CCN(S(=O)(=O)N2CCC(CN3CCC4(CC3)CN(c3ncnnc3Oc3ccc(F)cc3C(=O)N(C(C)C)C(C)C)C4)CC2)C1. The first kappa shape index (κ1) is 38.0. The number of halogens is 1. The van der Waals surface area contributed by atoms with Crippen molar-refractivity contribution < 1.29 is 27.1 Å². The molecule has 1 N–H and O–H groups in total. The second-order valence-corrected chi connectivity index (χ2v) is 17.2. The molecule has 2 amide bonds. The Morgan fingerprint density at radius 1 is 1.06 bits per heavy atom. The number of ether oxygens (including phenoxy) is 1. The van der Waals surface area contributed by atoms with Gasteiger partial charge in [0.1, 0.15) is 17.9 Å². The van der Waals surface area contributed by atoms with E-state index in [2.05, 4.69) is 36.9 Å². The number of aromatic nitrogens is 3. The van der Waals surface area contributed by atoms with Gasteiger partial charge in [-0.1, -0.05) is 6.58 Å². The molecule has 6 rings (SSSR count). The predicted octanol–water partition coefficient (Wildman–Crippen LogP) is 3.30. The second kappa shape index (κ2) is 15.7. The molecule has 0 aliphatic carbocycles. The van der Waals surface area contributed by atoms with Crippen LogP contribution in [0.3, 0.4) is 0 Å². The summed E-state index contributed by atoms with van der Waals surface area (Å²) in [7, 11) is -3.55. The molecule has 14 nitrogen and oxygen atoms in total. The molecular weight excluding hydrogens is 690 g/mol. The number of amides is 2. The summed E-state index contributed by atoms with van der Waals surface area (Å²) >= 11 is 0. The van der Waals surface area contributed by atoms with Crippen molar-refractivity contribution in [1.82, 2.24) is 38.9 Å². The van der Waals surface area contributed by atoms with Crippen molar-refractivity contribution in [3.05, 3.63) is 48.6 Å². The van der Waals surface area contributed by atoms with E-state index in [4.69, 9.17) is 4.74 Å². The van der Waals surface area contributed by atoms with Crippen LogP contribution in [0.4, 0.5) is 10.2 Å². The Balaban J connectivity index is 0.992. The minimum Gasteiger partial charge on any atom is -0.434 e. The molecule has 2 aromatic rings. The Kier molecular flexibility index (Phi) is 11.5. The highest BCUT2D eigenvalue weighted by atomic mass is 32.2. The van der Waals surface area contributed by atoms with Crippen LogP contribution in [0.1, 0.15) is 70.2 Å². The second-order valence-electron chi connectivity index (χ2n) is 15.3. The maximum absolute atomic E-state index is 14.4. The van der Waals surface area contributed by atoms with Gasteiger partial charge in [-0.3, -0.25) is 9.59 Å². The van der Waals surface area contributed by atoms with Gasteiger partial charge in [-0.25, -0.2) is 9.37 Å². The molecule has 0 bridgehead atoms. The smallest absolute Gasteiger partial charge is 0.282 e. The Bertz CT molecular complexity index is 1710. The van der Waals surface area contributed by atoms with Crippen molar-refractivity contribution in [3.8, 4) is 11.6 Å². The third kappa shape index (κ3) is 8.24. The number of carbonyl (C=O) groups excluding carboxylic acids is 2. The van der Waals surface area contributed by atoms with Gasteiger partial charge in [0.05, 0.1) is 5.56 Å². The van der Waals surface area contributed by atoms with Gasteiger partial charge in [0.15, 0.2) is 5.82 Å². The first-order valence-electron chi connectivity index (χ1n) is 18.4. The van der Waals surface area contributed by atoms with Crippen LogP contribution in [-0.4, -0.2) is 131 Å². The van der Waals surface area contributed by atoms with Gasteiger partial charge in [-0.2, -0.15) is 17.0 Å². The molecule has 4 fully saturated rings. The van der Waals surface area contributed by atoms with E-state index in [1.165, 1.54) is 34.9 Å². The number of rotatable bonds is 12. The molecule has 1 aromatic heterocycles. The molecule has 52 heavy (non-hydrogen) atoms. The van der Waals surface area contributed by atoms with E-state index in [9.17, 15) is 22.4 Å². The summed E-state index contributed by atoms with van der Waals surface area (Å²) in [6.45, 7) is 17.4. The van der Waals surface area contributed by atoms with E-state index in [0.717, 1.165) is 58.4 Å². The number of likely N-dealkylation sites (tertiary alicyclic amines) is 1. The monoisotopic (exact) mass is 741 g/mol. The van der Waals surface area contributed by atoms with Crippen molar-refractivity contribution in [2.24, 2.45) is 11.3 Å². The Morgan fingerprint density at radius 2 is 1.73 bits per heavy atom. The number of carbonyl (C=O) groups is 2. The molecule has 1 spiro atoms. The third-order valence-electron chi connectivity index (χ3n) is 11.0. The molecule has 16 heteroatoms. The molecule has 4 aliphatic rings. The van der Waals surface area contributed by atoms with Gasteiger partial charge in [0.2, 0.25) is 5.91 Å². The Morgan fingerprint density at radius 3 is 2.38 bits per heavy atom. The minimum atomic E-state index is -3.55. The summed E-state index contributed by atoms with van der Waals surface area (Å²) < 4.78 is 50.3. The Labute approximate surface area is 306 Å². The summed E-state index contributed by atoms with van der Waals surface area (Å²) in [5.41, 5.74) is 0.274. The zero-order valence-corrected chi connectivity index (χ0v) is 31.5. The van der Waals surface area contributed by atoms with E-state index in [1.54, 1.807) is 9.21 Å². The number of hydrogen-bond donors (Lipinski definition) is 1. The number of nitrogens with one attached hydrogen (secondary N) is 1. The highest BCUT2D eigenvalue weighted by molar-refractivity contribution is 7.86. The average molecular weight is 742 g/mol. The lowest BCUT2D eigenvalue weighted by Gasteiger charge is -2.54. The van der Waals surface area contributed by atoms with Crippen molar-refractivity contribution in [2.75, 3.05) is 63.8 Å². The van der Waals surface area contributed by atoms with Crippen LogP contribution in [0.15, 0.2) is 37.2 Å². The number of anilines is 1. The third-order valence-corrected chi connectivity index (χ3v) is 13.0. The van der Waals surface area contributed by atoms with Gasteiger partial charge in [-0.15, -0.1) is 10.2 Å². The molecule has 5 heterocycles. The molecule has 1 atom stereocenters. The van der Waals surface area contributed by atoms with E-state index >= 15 is 0 Å². The van der Waals surface area contributed by atoms with Crippen molar-refractivity contribution in [2.45, 2.75) is 77.9 Å². The highest BCUT2D eigenvalue weighted by Crippen LogP contribution is 2.44. The summed E-state index contributed by atoms with van der Waals surface area (Å²) in [6, 6.07) is 3.55. The zero-order chi connectivity index (χ0) is 37.2. The average Bonchev–Trinajstić information content (AvgIpc) is 3.58. The van der Waals surface area contributed by atoms with Gasteiger partial charge >= 0.3 is 0 Å². The van der Waals surface area contributed by atoms with E-state index in [1.807, 2.05) is 27.7 Å². The van der Waals surface area contributed by atoms with Crippen LogP contribution < -0.4 is 15.0 Å². The molecule has 284 valence electrons. The normalized spacial score (nSPS) is 21.8. The largest absolute Gasteiger partial charge is 0.434 e. The summed E-state index contributed by atoms with van der Waals surface area (Å²) in [4.78, 5) is 36.0. The molecule has 4 saturated heterocycles. The van der Waals surface area contributed by atoms with Gasteiger partial charge in [-0.05, 0) is 103 Å². The van der Waals surface area contributed by atoms with Gasteiger partial charge in [0, 0.05) is 69.4 Å². The lowest BCUT2D eigenvalue weighted by molar-refractivity contribution is -0.117. The quantitative estimate of drug-likeness (QED) is 0.322. The fourth-order valence-corrected chi connectivity index (χ4v) is 9.92. The molecule has 0 saturated carbocycles. The minimum absolute atomic E-state index is 0.0903. The van der Waals surface area contributed by atoms with Gasteiger partial charge < -0.3 is 24.8 Å². The fraction of sp³-hybridized carbons (Fsp3) is 0.639. The zero-order valence-electron chi connectivity index (χ0n) is 30.7. The maximum Gasteiger partial charge on any atom is 0.282 e. The first-order valence-corrected chi connectivity index (χ1v) is 19.8. The number of hydrogen-bond acceptors (Lipinski definition) is 10. The van der Waals surface area contributed by atoms with E-state index in [0.29, 0.717) is 44.3 Å². The van der Waals surface area contributed by atoms with Crippen molar-refractivity contribution in [3.63, 3.8) is 0 Å². The highest BCUT2D eigenvalue weighted by Gasteiger charge is 2.47. The van der Waals surface area contributed by atoms with Crippen LogP contribution in [0, 0.1) is 17.2 Å². The molecule has 0 radical (unpaired) electrons. The predicted molar refractivity (Wildman–Crippen MR) is 195 cm³/mol. The molecule has 4 aliphatic heterocycles. The standard InChI is InChI=1S/C36H52FN9O5S/c1-6-32(47)40-29-11-16-45(21-29)52(49,50)44-14-9-27(10-15-44)20-42-17-12-36(13-18-42)22-43(23-36)33-34(41-39-24-38-33)51-31-8-7-28(37)19-30(31)35(48)46(25(2)3)26(4)5/h6-8,19,24-27,29H,1,9-18,20-23H2,2-5H3,(H,40,47)/t29-/m1/s1. The lowest BCUT2D eigenvalue weighted by atomic mass is 9.72.